The van der Waals surface area contributed by atoms with Crippen LogP contribution >= 0.6 is 0 Å². The fourth-order valence-electron chi connectivity index (χ4n) is 1.06. The predicted molar refractivity (Wildman–Crippen MR) is 56.0 cm³/mol. The highest BCUT2D eigenvalue weighted by Gasteiger charge is 1.93. The van der Waals surface area contributed by atoms with Crippen molar-refractivity contribution in [1.29, 1.82) is 0 Å². The molecule has 1 atom stereocenters. The number of hydrogen-bond donors (Lipinski definition) is 1. The van der Waals surface area contributed by atoms with Crippen LogP contribution in [0, 0.1) is 5.92 Å². The van der Waals surface area contributed by atoms with Crippen LogP contribution in [0.5, 0.6) is 0 Å². The van der Waals surface area contributed by atoms with Crippen molar-refractivity contribution in [2.75, 3.05) is 6.54 Å². The lowest BCUT2D eigenvalue weighted by molar-refractivity contribution is 0.694. The van der Waals surface area contributed by atoms with Crippen molar-refractivity contribution in [3.63, 3.8) is 0 Å². The lowest BCUT2D eigenvalue weighted by Gasteiger charge is -2.02. The van der Waals surface area contributed by atoms with E-state index >= 15 is 0 Å². The van der Waals surface area contributed by atoms with Crippen LogP contribution in [0.25, 0.3) is 0 Å². The van der Waals surface area contributed by atoms with Gasteiger partial charge in [0.15, 0.2) is 0 Å². The van der Waals surface area contributed by atoms with Gasteiger partial charge in [0.2, 0.25) is 0 Å². The topological polar surface area (TPSA) is 26.0 Å². The van der Waals surface area contributed by atoms with Crippen molar-refractivity contribution in [2.24, 2.45) is 11.7 Å². The van der Waals surface area contributed by atoms with Gasteiger partial charge in [-0.15, -0.1) is 0 Å². The summed E-state index contributed by atoms with van der Waals surface area (Å²) in [5.74, 6) is 0.673. The van der Waals surface area contributed by atoms with Gasteiger partial charge < -0.3 is 5.73 Å². The molecule has 0 aromatic rings. The highest BCUT2D eigenvalue weighted by Crippen LogP contribution is 2.08. The summed E-state index contributed by atoms with van der Waals surface area (Å²) in [7, 11) is 0. The molecule has 0 aromatic heterocycles. The monoisotopic (exact) mass is 167 g/mol. The van der Waals surface area contributed by atoms with Crippen LogP contribution in [0.3, 0.4) is 0 Å². The van der Waals surface area contributed by atoms with Crippen LogP contribution in [0.4, 0.5) is 0 Å². The van der Waals surface area contributed by atoms with Crippen molar-refractivity contribution in [3.05, 3.63) is 23.3 Å². The molecule has 12 heavy (non-hydrogen) atoms. The fourth-order valence-corrected chi connectivity index (χ4v) is 1.06. The molecule has 0 aliphatic heterocycles. The van der Waals surface area contributed by atoms with Gasteiger partial charge in [-0.25, -0.2) is 0 Å². The van der Waals surface area contributed by atoms with E-state index in [1.807, 2.05) is 0 Å². The summed E-state index contributed by atoms with van der Waals surface area (Å²) in [4.78, 5) is 0. The second-order valence-corrected chi connectivity index (χ2v) is 3.49. The molecule has 0 aliphatic rings. The van der Waals surface area contributed by atoms with Gasteiger partial charge in [-0.05, 0) is 19.8 Å². The molecule has 0 heterocycles. The van der Waals surface area contributed by atoms with Crippen molar-refractivity contribution in [3.8, 4) is 0 Å². The number of allylic oxidation sites excluding steroid dienone is 3. The predicted octanol–water partition coefficient (Wildman–Crippen LogP) is 2.88. The smallest absolute Gasteiger partial charge is 0.0137 e. The van der Waals surface area contributed by atoms with Gasteiger partial charge in [-0.3, -0.25) is 0 Å². The maximum atomic E-state index is 5.49. The summed E-state index contributed by atoms with van der Waals surface area (Å²) in [5.41, 5.74) is 8.06. The lowest BCUT2D eigenvalue weighted by atomic mass is 10.0. The summed E-state index contributed by atoms with van der Waals surface area (Å²) in [5, 5.41) is 0. The van der Waals surface area contributed by atoms with E-state index in [9.17, 15) is 0 Å². The molecule has 0 bridgehead atoms. The molecule has 0 amide bonds. The van der Waals surface area contributed by atoms with E-state index in [-0.39, 0.29) is 0 Å². The first-order valence-corrected chi connectivity index (χ1v) is 4.65. The van der Waals surface area contributed by atoms with Crippen molar-refractivity contribution in [1.82, 2.24) is 0 Å². The van der Waals surface area contributed by atoms with Crippen molar-refractivity contribution in [2.45, 2.75) is 34.1 Å². The minimum atomic E-state index is 0.658. The Hall–Kier alpha value is -0.560. The zero-order chi connectivity index (χ0) is 9.56. The molecule has 0 aliphatic carbocycles. The number of nitrogens with two attached hydrogens (primary N) is 1. The fraction of sp³-hybridized carbons (Fsp3) is 0.636. The quantitative estimate of drug-likeness (QED) is 0.640. The minimum absolute atomic E-state index is 0.658. The molecule has 0 spiro atoms. The average Bonchev–Trinajstić information content (AvgIpc) is 2.03. The Bertz CT molecular complexity index is 177. The van der Waals surface area contributed by atoms with Crippen LogP contribution in [0.1, 0.15) is 34.1 Å². The third-order valence-corrected chi connectivity index (χ3v) is 1.99. The highest BCUT2D eigenvalue weighted by atomic mass is 14.5. The summed E-state index contributed by atoms with van der Waals surface area (Å²) in [6, 6.07) is 0. The van der Waals surface area contributed by atoms with Gasteiger partial charge in [0.1, 0.15) is 0 Å². The van der Waals surface area contributed by atoms with Crippen LogP contribution in [-0.4, -0.2) is 6.54 Å². The molecule has 0 rings (SSSR count). The van der Waals surface area contributed by atoms with Crippen LogP contribution in [0.2, 0.25) is 0 Å². The largest absolute Gasteiger partial charge is 0.327 e. The van der Waals surface area contributed by atoms with Gasteiger partial charge in [0, 0.05) is 6.54 Å². The van der Waals surface area contributed by atoms with Gasteiger partial charge >= 0.3 is 0 Å². The third kappa shape index (κ3) is 5.14. The molecule has 0 saturated carbocycles. The second kappa shape index (κ2) is 6.01. The molecule has 0 fully saturated rings. The SMILES string of the molecule is CCC(C)/C=C(C)\C=C(\C)CN. The lowest BCUT2D eigenvalue weighted by Crippen LogP contribution is -1.99. The first-order valence-electron chi connectivity index (χ1n) is 4.65. The van der Waals surface area contributed by atoms with E-state index < -0.39 is 0 Å². The standard InChI is InChI=1S/C11H21N/c1-5-9(2)6-10(3)7-11(4)8-12/h6-7,9H,5,8,12H2,1-4H3/b10-6-,11-7-. The molecular weight excluding hydrogens is 146 g/mol. The normalized spacial score (nSPS) is 16.4. The second-order valence-electron chi connectivity index (χ2n) is 3.49. The van der Waals surface area contributed by atoms with Crippen LogP contribution in [-0.2, 0) is 0 Å². The molecule has 70 valence electrons. The zero-order valence-corrected chi connectivity index (χ0v) is 8.72. The van der Waals surface area contributed by atoms with E-state index in [2.05, 4.69) is 39.8 Å². The maximum Gasteiger partial charge on any atom is 0.0137 e. The maximum absolute atomic E-state index is 5.49. The number of hydrogen-bond acceptors (Lipinski definition) is 1. The minimum Gasteiger partial charge on any atom is -0.327 e. The molecule has 1 unspecified atom stereocenters. The summed E-state index contributed by atoms with van der Waals surface area (Å²) in [6.07, 6.45) is 5.65. The molecule has 1 heteroatoms. The Labute approximate surface area is 76.3 Å². The van der Waals surface area contributed by atoms with Gasteiger partial charge in [0.25, 0.3) is 0 Å². The molecule has 2 N–H and O–H groups in total. The molecule has 0 aromatic carbocycles. The summed E-state index contributed by atoms with van der Waals surface area (Å²) in [6.45, 7) is 9.29. The van der Waals surface area contributed by atoms with Crippen LogP contribution < -0.4 is 5.73 Å². The van der Waals surface area contributed by atoms with E-state index in [4.69, 9.17) is 5.73 Å². The van der Waals surface area contributed by atoms with Crippen LogP contribution in [0.15, 0.2) is 23.3 Å². The van der Waals surface area contributed by atoms with E-state index in [0.29, 0.717) is 12.5 Å². The highest BCUT2D eigenvalue weighted by molar-refractivity contribution is 5.21. The molecule has 1 nitrogen and oxygen atoms in total. The molecular formula is C11H21N. The Morgan fingerprint density at radius 3 is 2.42 bits per heavy atom. The Kier molecular flexibility index (Phi) is 5.73. The third-order valence-electron chi connectivity index (χ3n) is 1.99. The Morgan fingerprint density at radius 1 is 1.42 bits per heavy atom. The average molecular weight is 167 g/mol. The molecule has 0 saturated heterocycles. The number of rotatable bonds is 4. The van der Waals surface area contributed by atoms with Gasteiger partial charge in [-0.2, -0.15) is 0 Å². The van der Waals surface area contributed by atoms with E-state index in [0.717, 1.165) is 0 Å². The Morgan fingerprint density at radius 2 is 2.00 bits per heavy atom. The Balaban J connectivity index is 4.18. The first kappa shape index (κ1) is 11.4. The summed E-state index contributed by atoms with van der Waals surface area (Å²) >= 11 is 0. The van der Waals surface area contributed by atoms with E-state index in [1.165, 1.54) is 17.6 Å². The summed E-state index contributed by atoms with van der Waals surface area (Å²) < 4.78 is 0. The first-order chi connectivity index (χ1) is 5.60. The van der Waals surface area contributed by atoms with Crippen molar-refractivity contribution < 1.29 is 0 Å². The van der Waals surface area contributed by atoms with Crippen molar-refractivity contribution >= 4 is 0 Å². The van der Waals surface area contributed by atoms with Gasteiger partial charge in [-0.1, -0.05) is 43.6 Å². The van der Waals surface area contributed by atoms with Gasteiger partial charge in [0.05, 0.1) is 0 Å². The molecule has 0 radical (unpaired) electrons. The zero-order valence-electron chi connectivity index (χ0n) is 8.72. The van der Waals surface area contributed by atoms with E-state index in [1.54, 1.807) is 0 Å².